The van der Waals surface area contributed by atoms with Gasteiger partial charge in [-0.2, -0.15) is 5.10 Å². The SMILES string of the molecule is CN1CCN(c2nccc3[nH]c(-c4n[nH]c5ccc(-c6cncc(CNCc7ccccc7)c6)nc45)nc23)CC1. The minimum absolute atomic E-state index is 0.672. The van der Waals surface area contributed by atoms with E-state index in [1.54, 1.807) is 0 Å². The van der Waals surface area contributed by atoms with Gasteiger partial charge in [-0.05, 0) is 42.4 Å². The number of benzene rings is 1. The molecule has 6 heterocycles. The van der Waals surface area contributed by atoms with Crippen molar-refractivity contribution in [3.05, 3.63) is 84.3 Å². The lowest BCUT2D eigenvalue weighted by molar-refractivity contribution is 0.312. The molecule has 1 aliphatic heterocycles. The number of piperazine rings is 1. The summed E-state index contributed by atoms with van der Waals surface area (Å²) in [6.45, 7) is 5.39. The molecule has 1 aromatic carbocycles. The van der Waals surface area contributed by atoms with Gasteiger partial charge in [0.2, 0.25) is 0 Å². The van der Waals surface area contributed by atoms with Crippen molar-refractivity contribution in [3.8, 4) is 22.8 Å². The summed E-state index contributed by atoms with van der Waals surface area (Å²) in [6.07, 6.45) is 5.58. The molecular formula is C30H30N10. The van der Waals surface area contributed by atoms with Gasteiger partial charge in [-0.1, -0.05) is 30.3 Å². The summed E-state index contributed by atoms with van der Waals surface area (Å²) in [5, 5.41) is 11.2. The number of nitrogens with one attached hydrogen (secondary N) is 3. The Morgan fingerprint density at radius 1 is 0.850 bits per heavy atom. The summed E-state index contributed by atoms with van der Waals surface area (Å²) in [6, 6.07) is 18.5. The van der Waals surface area contributed by atoms with E-state index in [-0.39, 0.29) is 0 Å². The van der Waals surface area contributed by atoms with Gasteiger partial charge in [0, 0.05) is 63.4 Å². The summed E-state index contributed by atoms with van der Waals surface area (Å²) in [7, 11) is 2.15. The Bertz CT molecular complexity index is 1770. The van der Waals surface area contributed by atoms with Crippen LogP contribution in [0.1, 0.15) is 11.1 Å². The number of likely N-dealkylation sites (N-methyl/N-ethyl adjacent to an activating group) is 1. The topological polar surface area (TPSA) is 115 Å². The Balaban J connectivity index is 1.17. The maximum Gasteiger partial charge on any atom is 0.161 e. The molecule has 0 radical (unpaired) electrons. The van der Waals surface area contributed by atoms with Crippen molar-refractivity contribution < 1.29 is 0 Å². The average molecular weight is 531 g/mol. The van der Waals surface area contributed by atoms with Crippen LogP contribution in [0.25, 0.3) is 44.8 Å². The second kappa shape index (κ2) is 10.5. The Morgan fingerprint density at radius 2 is 1.70 bits per heavy atom. The molecule has 1 saturated heterocycles. The molecule has 1 fully saturated rings. The second-order valence-corrected chi connectivity index (χ2v) is 10.2. The lowest BCUT2D eigenvalue weighted by Crippen LogP contribution is -2.44. The number of imidazole rings is 1. The number of hydrogen-bond donors (Lipinski definition) is 3. The first-order valence-corrected chi connectivity index (χ1v) is 13.5. The molecule has 200 valence electrons. The third kappa shape index (κ3) is 4.78. The Labute approximate surface area is 231 Å². The molecule has 3 N–H and O–H groups in total. The highest BCUT2D eigenvalue weighted by Gasteiger charge is 2.21. The molecule has 0 amide bonds. The van der Waals surface area contributed by atoms with Gasteiger partial charge in [0.25, 0.3) is 0 Å². The number of pyridine rings is 3. The molecule has 7 rings (SSSR count). The van der Waals surface area contributed by atoms with Gasteiger partial charge >= 0.3 is 0 Å². The zero-order valence-corrected chi connectivity index (χ0v) is 22.3. The molecule has 0 unspecified atom stereocenters. The molecule has 0 saturated carbocycles. The second-order valence-electron chi connectivity index (χ2n) is 10.2. The summed E-state index contributed by atoms with van der Waals surface area (Å²) in [4.78, 5) is 27.2. The summed E-state index contributed by atoms with van der Waals surface area (Å²) in [5.74, 6) is 1.58. The highest BCUT2D eigenvalue weighted by atomic mass is 15.3. The molecule has 5 aromatic heterocycles. The van der Waals surface area contributed by atoms with Crippen molar-refractivity contribution in [2.24, 2.45) is 0 Å². The van der Waals surface area contributed by atoms with Crippen molar-refractivity contribution >= 4 is 27.9 Å². The Kier molecular flexibility index (Phi) is 6.39. The van der Waals surface area contributed by atoms with E-state index in [2.05, 4.69) is 77.6 Å². The van der Waals surface area contributed by atoms with E-state index < -0.39 is 0 Å². The number of rotatable bonds is 7. The molecule has 10 heteroatoms. The smallest absolute Gasteiger partial charge is 0.161 e. The molecule has 0 aliphatic carbocycles. The summed E-state index contributed by atoms with van der Waals surface area (Å²) < 4.78 is 0. The highest BCUT2D eigenvalue weighted by Crippen LogP contribution is 2.30. The predicted molar refractivity (Wildman–Crippen MR) is 157 cm³/mol. The number of aromatic nitrogens is 7. The van der Waals surface area contributed by atoms with Crippen molar-refractivity contribution in [2.75, 3.05) is 38.1 Å². The maximum atomic E-state index is 5.00. The van der Waals surface area contributed by atoms with Gasteiger partial charge in [-0.3, -0.25) is 10.1 Å². The molecule has 0 atom stereocenters. The van der Waals surface area contributed by atoms with Gasteiger partial charge < -0.3 is 20.1 Å². The van der Waals surface area contributed by atoms with E-state index in [9.17, 15) is 0 Å². The van der Waals surface area contributed by atoms with Crippen LogP contribution in [-0.2, 0) is 13.1 Å². The first-order chi connectivity index (χ1) is 19.7. The van der Waals surface area contributed by atoms with Gasteiger partial charge in [-0.25, -0.2) is 15.0 Å². The van der Waals surface area contributed by atoms with Crippen molar-refractivity contribution in [1.82, 2.24) is 45.3 Å². The van der Waals surface area contributed by atoms with Gasteiger partial charge in [-0.15, -0.1) is 0 Å². The van der Waals surface area contributed by atoms with Crippen LogP contribution in [0.2, 0.25) is 0 Å². The lowest BCUT2D eigenvalue weighted by atomic mass is 10.1. The standard InChI is InChI=1S/C30H30N10/c1-39-11-13-40(14-12-39)30-27-24(9-10-33-30)35-29(36-27)28-26-25(37-38-28)8-7-23(34-26)22-15-21(18-32-19-22)17-31-16-20-5-3-2-4-6-20/h2-10,15,18-19,31H,11-14,16-17H2,1H3,(H,35,36)(H,37,38). The number of nitrogens with zero attached hydrogens (tertiary/aromatic N) is 7. The Morgan fingerprint density at radius 3 is 2.58 bits per heavy atom. The minimum atomic E-state index is 0.672. The molecule has 1 aliphatic rings. The average Bonchev–Trinajstić information content (AvgIpc) is 3.62. The molecule has 6 aromatic rings. The third-order valence-electron chi connectivity index (χ3n) is 7.41. The van der Waals surface area contributed by atoms with Crippen LogP contribution in [0.5, 0.6) is 0 Å². The predicted octanol–water partition coefficient (Wildman–Crippen LogP) is 4.00. The number of H-pyrrole nitrogens is 2. The normalized spacial score (nSPS) is 14.4. The number of aromatic amines is 2. The maximum absolute atomic E-state index is 5.00. The van der Waals surface area contributed by atoms with Crippen molar-refractivity contribution in [1.29, 1.82) is 0 Å². The molecule has 40 heavy (non-hydrogen) atoms. The highest BCUT2D eigenvalue weighted by molar-refractivity contribution is 5.94. The van der Waals surface area contributed by atoms with Crippen LogP contribution in [0.3, 0.4) is 0 Å². The molecule has 0 spiro atoms. The van der Waals surface area contributed by atoms with E-state index in [1.807, 2.05) is 42.9 Å². The van der Waals surface area contributed by atoms with E-state index in [1.165, 1.54) is 5.56 Å². The Hall–Kier alpha value is -4.67. The zero-order chi connectivity index (χ0) is 26.9. The van der Waals surface area contributed by atoms with E-state index in [0.717, 1.165) is 84.0 Å². The largest absolute Gasteiger partial charge is 0.352 e. The lowest BCUT2D eigenvalue weighted by Gasteiger charge is -2.33. The van der Waals surface area contributed by atoms with Crippen LogP contribution in [0.15, 0.2) is 73.2 Å². The van der Waals surface area contributed by atoms with Gasteiger partial charge in [0.05, 0.1) is 16.7 Å². The molecular weight excluding hydrogens is 500 g/mol. The van der Waals surface area contributed by atoms with Crippen LogP contribution in [-0.4, -0.2) is 73.2 Å². The zero-order valence-electron chi connectivity index (χ0n) is 22.3. The molecule has 0 bridgehead atoms. The van der Waals surface area contributed by atoms with Crippen LogP contribution >= 0.6 is 0 Å². The monoisotopic (exact) mass is 530 g/mol. The summed E-state index contributed by atoms with van der Waals surface area (Å²) in [5.41, 5.74) is 8.24. The summed E-state index contributed by atoms with van der Waals surface area (Å²) >= 11 is 0. The molecule has 10 nitrogen and oxygen atoms in total. The third-order valence-corrected chi connectivity index (χ3v) is 7.41. The van der Waals surface area contributed by atoms with E-state index >= 15 is 0 Å². The van der Waals surface area contributed by atoms with Crippen LogP contribution < -0.4 is 10.2 Å². The minimum Gasteiger partial charge on any atom is -0.352 e. The van der Waals surface area contributed by atoms with E-state index in [4.69, 9.17) is 9.97 Å². The van der Waals surface area contributed by atoms with Gasteiger partial charge in [0.15, 0.2) is 17.3 Å². The number of fused-ring (bicyclic) bond motifs is 2. The fourth-order valence-electron chi connectivity index (χ4n) is 5.18. The van der Waals surface area contributed by atoms with Crippen LogP contribution in [0.4, 0.5) is 5.82 Å². The first-order valence-electron chi connectivity index (χ1n) is 13.5. The quantitative estimate of drug-likeness (QED) is 0.284. The van der Waals surface area contributed by atoms with Crippen LogP contribution in [0, 0.1) is 0 Å². The number of anilines is 1. The fraction of sp³-hybridized carbons (Fsp3) is 0.233. The van der Waals surface area contributed by atoms with E-state index in [0.29, 0.717) is 11.5 Å². The van der Waals surface area contributed by atoms with Gasteiger partial charge in [0.1, 0.15) is 11.0 Å². The van der Waals surface area contributed by atoms with Crippen molar-refractivity contribution in [3.63, 3.8) is 0 Å². The fourth-order valence-corrected chi connectivity index (χ4v) is 5.18. The first kappa shape index (κ1) is 24.4. The van der Waals surface area contributed by atoms with Crippen molar-refractivity contribution in [2.45, 2.75) is 13.1 Å². The number of hydrogen-bond acceptors (Lipinski definition) is 8.